The van der Waals surface area contributed by atoms with E-state index in [0.29, 0.717) is 10.9 Å². The number of nitrogens with one attached hydrogen (secondary N) is 1. The van der Waals surface area contributed by atoms with Crippen LogP contribution in [0.3, 0.4) is 0 Å². The first kappa shape index (κ1) is 26.4. The molecular weight excluding hydrogens is 500 g/mol. The number of hydrogen-bond acceptors (Lipinski definition) is 7. The second-order valence-corrected chi connectivity index (χ2v) is 8.39. The van der Waals surface area contributed by atoms with E-state index in [1.807, 2.05) is 0 Å². The molecule has 0 radical (unpaired) electrons. The van der Waals surface area contributed by atoms with Crippen LogP contribution >= 0.6 is 0 Å². The molecule has 1 unspecified atom stereocenters. The van der Waals surface area contributed by atoms with Gasteiger partial charge < -0.3 is 25.3 Å². The van der Waals surface area contributed by atoms with Crippen molar-refractivity contribution in [1.82, 2.24) is 9.97 Å². The summed E-state index contributed by atoms with van der Waals surface area (Å²) in [4.78, 5) is 45.5. The number of benzene rings is 2. The lowest BCUT2D eigenvalue weighted by Gasteiger charge is -2.18. The number of fused-ring (bicyclic) bond motifs is 1. The fraction of sp³-hybridized carbons (Fsp3) is 0.185. The zero-order chi connectivity index (χ0) is 27.7. The number of hydrogen-bond donors (Lipinski definition) is 3. The molecule has 1 amide bonds. The Labute approximate surface area is 214 Å². The Kier molecular flexibility index (Phi) is 7.22. The van der Waals surface area contributed by atoms with Crippen LogP contribution < -0.4 is 15.9 Å². The van der Waals surface area contributed by atoms with E-state index in [2.05, 4.69) is 9.97 Å². The van der Waals surface area contributed by atoms with Crippen molar-refractivity contribution in [1.29, 1.82) is 0 Å². The highest BCUT2D eigenvalue weighted by atomic mass is 19.2. The van der Waals surface area contributed by atoms with Gasteiger partial charge in [-0.3, -0.25) is 9.59 Å². The predicted molar refractivity (Wildman–Crippen MR) is 134 cm³/mol. The van der Waals surface area contributed by atoms with E-state index >= 15 is 0 Å². The van der Waals surface area contributed by atoms with Crippen molar-refractivity contribution in [3.05, 3.63) is 86.7 Å². The summed E-state index contributed by atoms with van der Waals surface area (Å²) >= 11 is 0. The van der Waals surface area contributed by atoms with Crippen molar-refractivity contribution in [2.24, 2.45) is 5.73 Å². The molecule has 2 aromatic heterocycles. The normalized spacial score (nSPS) is 11.8. The van der Waals surface area contributed by atoms with Crippen LogP contribution in [0.5, 0.6) is 11.6 Å². The number of rotatable bonds is 7. The predicted octanol–water partition coefficient (Wildman–Crippen LogP) is 3.97. The number of primary amides is 1. The zero-order valence-electron chi connectivity index (χ0n) is 20.6. The first-order valence-corrected chi connectivity index (χ1v) is 11.5. The molecule has 196 valence electrons. The number of esters is 1. The van der Waals surface area contributed by atoms with Crippen LogP contribution in [-0.4, -0.2) is 33.6 Å². The smallest absolute Gasteiger partial charge is 0.344 e. The number of aliphatic hydroxyl groups excluding tert-OH is 1. The number of aromatic nitrogens is 2. The maximum absolute atomic E-state index is 14.3. The molecule has 4 aromatic rings. The van der Waals surface area contributed by atoms with Crippen LogP contribution in [0.2, 0.25) is 0 Å². The van der Waals surface area contributed by atoms with Crippen LogP contribution in [0.25, 0.3) is 22.2 Å². The second kappa shape index (κ2) is 10.4. The van der Waals surface area contributed by atoms with Crippen LogP contribution in [0, 0.1) is 25.5 Å². The second-order valence-electron chi connectivity index (χ2n) is 8.39. The highest BCUT2D eigenvalue weighted by molar-refractivity contribution is 5.99. The molecule has 11 heteroatoms. The number of aliphatic hydroxyl groups is 1. The number of para-hydroxylation sites is 1. The third-order valence-electron chi connectivity index (χ3n) is 5.92. The minimum absolute atomic E-state index is 0.0486. The number of nitrogens with zero attached hydrogens (tertiary/aromatic N) is 1. The Balaban J connectivity index is 2.05. The number of aryl methyl sites for hydroxylation is 1. The Hall–Kier alpha value is -4.64. The van der Waals surface area contributed by atoms with Crippen LogP contribution in [0.1, 0.15) is 40.2 Å². The van der Waals surface area contributed by atoms with Crippen molar-refractivity contribution in [2.45, 2.75) is 26.9 Å². The van der Waals surface area contributed by atoms with Gasteiger partial charge in [-0.2, -0.15) is 0 Å². The minimum Gasteiger partial charge on any atom is -0.462 e. The highest BCUT2D eigenvalue weighted by Gasteiger charge is 2.30. The summed E-state index contributed by atoms with van der Waals surface area (Å²) in [5.74, 6) is -4.58. The minimum atomic E-state index is -1.99. The third kappa shape index (κ3) is 4.71. The molecule has 0 aliphatic rings. The van der Waals surface area contributed by atoms with Crippen molar-refractivity contribution >= 4 is 22.8 Å². The van der Waals surface area contributed by atoms with Crippen LogP contribution in [0.15, 0.2) is 47.3 Å². The van der Waals surface area contributed by atoms with E-state index in [0.717, 1.165) is 6.07 Å². The first-order chi connectivity index (χ1) is 18.0. The highest BCUT2D eigenvalue weighted by Crippen LogP contribution is 2.37. The molecule has 0 bridgehead atoms. The average Bonchev–Trinajstić information content (AvgIpc) is 2.88. The van der Waals surface area contributed by atoms with E-state index in [9.17, 15) is 28.3 Å². The molecule has 2 aromatic carbocycles. The van der Waals surface area contributed by atoms with Gasteiger partial charge in [-0.15, -0.1) is 0 Å². The molecule has 1 atom stereocenters. The topological polar surface area (TPSA) is 145 Å². The summed E-state index contributed by atoms with van der Waals surface area (Å²) in [7, 11) is 0. The van der Waals surface area contributed by atoms with Crippen molar-refractivity contribution in [2.75, 3.05) is 6.61 Å². The molecule has 38 heavy (non-hydrogen) atoms. The number of pyridine rings is 2. The molecule has 0 aliphatic carbocycles. The molecule has 0 saturated heterocycles. The van der Waals surface area contributed by atoms with E-state index in [4.69, 9.17) is 15.2 Å². The summed E-state index contributed by atoms with van der Waals surface area (Å²) in [6, 6.07) is 10.6. The number of amides is 1. The Morgan fingerprint density at radius 3 is 2.55 bits per heavy atom. The summed E-state index contributed by atoms with van der Waals surface area (Å²) < 4.78 is 39.0. The van der Waals surface area contributed by atoms with Gasteiger partial charge in [0, 0.05) is 16.6 Å². The third-order valence-corrected chi connectivity index (χ3v) is 5.92. The van der Waals surface area contributed by atoms with Gasteiger partial charge in [0.2, 0.25) is 11.3 Å². The lowest BCUT2D eigenvalue weighted by Crippen LogP contribution is -2.31. The van der Waals surface area contributed by atoms with Gasteiger partial charge in [0.05, 0.1) is 28.9 Å². The Bertz CT molecular complexity index is 1650. The largest absolute Gasteiger partial charge is 0.462 e. The first-order valence-electron chi connectivity index (χ1n) is 11.5. The van der Waals surface area contributed by atoms with Gasteiger partial charge in [-0.1, -0.05) is 18.2 Å². The molecule has 4 rings (SSSR count). The van der Waals surface area contributed by atoms with Crippen LogP contribution in [0.4, 0.5) is 8.78 Å². The Morgan fingerprint density at radius 1 is 1.16 bits per heavy atom. The summed E-state index contributed by atoms with van der Waals surface area (Å²) in [6.45, 7) is 4.20. The van der Waals surface area contributed by atoms with Gasteiger partial charge in [0.25, 0.3) is 5.91 Å². The molecule has 0 saturated carbocycles. The van der Waals surface area contributed by atoms with Gasteiger partial charge in [0.15, 0.2) is 17.7 Å². The molecule has 9 nitrogen and oxygen atoms in total. The number of aromatic amines is 1. The number of ether oxygens (including phenoxy) is 2. The van der Waals surface area contributed by atoms with E-state index in [-0.39, 0.29) is 40.8 Å². The molecular formula is C27H23F2N3O6. The summed E-state index contributed by atoms with van der Waals surface area (Å²) in [5, 5.41) is 10.9. The number of halogens is 2. The molecule has 4 N–H and O–H groups in total. The van der Waals surface area contributed by atoms with E-state index in [1.165, 1.54) is 26.8 Å². The van der Waals surface area contributed by atoms with Crippen LogP contribution in [-0.2, 0) is 9.53 Å². The van der Waals surface area contributed by atoms with Crippen molar-refractivity contribution in [3.63, 3.8) is 0 Å². The molecule has 0 spiro atoms. The zero-order valence-corrected chi connectivity index (χ0v) is 20.6. The van der Waals surface area contributed by atoms with Gasteiger partial charge in [0.1, 0.15) is 11.3 Å². The standard InChI is InChI=1S/C27H23F2N3O6/c1-4-37-27(36)20-22(31-13(3)19(23(20)33)24(34)25(30)35)15-11-14-7-5-6-8-17(14)32-26(15)38-18-10-9-16(28)21(29)12(18)2/h5-11,24,34H,4H2,1-3H3,(H2,30,35)(H,31,33). The molecule has 0 aliphatic heterocycles. The number of carbonyl (C=O) groups is 2. The van der Waals surface area contributed by atoms with Gasteiger partial charge in [-0.25, -0.2) is 18.6 Å². The summed E-state index contributed by atoms with van der Waals surface area (Å²) in [5.41, 5.74) is 3.70. The Morgan fingerprint density at radius 2 is 1.87 bits per heavy atom. The summed E-state index contributed by atoms with van der Waals surface area (Å²) in [6.07, 6.45) is -1.99. The number of nitrogens with two attached hydrogens (primary N) is 1. The lowest BCUT2D eigenvalue weighted by atomic mass is 9.98. The van der Waals surface area contributed by atoms with Gasteiger partial charge in [-0.05, 0) is 45.0 Å². The van der Waals surface area contributed by atoms with Crippen molar-refractivity contribution in [3.8, 4) is 22.9 Å². The fourth-order valence-electron chi connectivity index (χ4n) is 4.01. The fourth-order valence-corrected chi connectivity index (χ4v) is 4.01. The van der Waals surface area contributed by atoms with Crippen molar-refractivity contribution < 1.29 is 33.0 Å². The molecule has 2 heterocycles. The number of carbonyl (C=O) groups excluding carboxylic acids is 2. The molecule has 0 fully saturated rings. The van der Waals surface area contributed by atoms with E-state index < -0.39 is 46.2 Å². The van der Waals surface area contributed by atoms with E-state index in [1.54, 1.807) is 30.3 Å². The SMILES string of the molecule is CCOC(=O)c1c(-c2cc3ccccc3nc2Oc2ccc(F)c(F)c2C)[nH]c(C)c(C(O)C(N)=O)c1=O. The quantitative estimate of drug-likeness (QED) is 0.311. The average molecular weight is 523 g/mol. The monoisotopic (exact) mass is 523 g/mol. The van der Waals surface area contributed by atoms with Gasteiger partial charge >= 0.3 is 5.97 Å². The maximum Gasteiger partial charge on any atom is 0.344 e. The number of H-pyrrole nitrogens is 1. The maximum atomic E-state index is 14.3. The lowest BCUT2D eigenvalue weighted by molar-refractivity contribution is -0.126.